The van der Waals surface area contributed by atoms with Crippen LogP contribution in [0.5, 0.6) is 11.5 Å². The molecule has 0 bridgehead atoms. The molecule has 0 aromatic heterocycles. The molecule has 2 aromatic rings. The van der Waals surface area contributed by atoms with E-state index in [1.54, 1.807) is 0 Å². The van der Waals surface area contributed by atoms with Crippen LogP contribution in [0.25, 0.3) is 0 Å². The van der Waals surface area contributed by atoms with Crippen molar-refractivity contribution in [3.63, 3.8) is 0 Å². The first-order valence-electron chi connectivity index (χ1n) is 5.61. The van der Waals surface area contributed by atoms with E-state index in [1.165, 1.54) is 11.1 Å². The van der Waals surface area contributed by atoms with Gasteiger partial charge in [-0.1, -0.05) is 24.3 Å². The van der Waals surface area contributed by atoms with Crippen LogP contribution in [0.1, 0.15) is 17.5 Å². The summed E-state index contributed by atoms with van der Waals surface area (Å²) in [5, 5.41) is 0. The standard InChI is InChI=1S/C15H13O/c1-2-7-14(8-3-1)16-15-10-9-12-5-4-6-13(12)11-15/h1-3,5,7-11H,4,6H2. The van der Waals surface area contributed by atoms with Gasteiger partial charge in [-0.2, -0.15) is 0 Å². The summed E-state index contributed by atoms with van der Waals surface area (Å²) in [7, 11) is 0. The summed E-state index contributed by atoms with van der Waals surface area (Å²) in [5.74, 6) is 1.82. The molecule has 16 heavy (non-hydrogen) atoms. The summed E-state index contributed by atoms with van der Waals surface area (Å²) in [6.45, 7) is 0. The van der Waals surface area contributed by atoms with E-state index in [0.29, 0.717) is 0 Å². The van der Waals surface area contributed by atoms with Crippen LogP contribution >= 0.6 is 0 Å². The lowest BCUT2D eigenvalue weighted by molar-refractivity contribution is 0.482. The average Bonchev–Trinajstić information content (AvgIpc) is 2.77. The number of ether oxygens (including phenoxy) is 1. The normalized spacial score (nSPS) is 13.5. The van der Waals surface area contributed by atoms with Crippen LogP contribution in [0, 0.1) is 6.42 Å². The molecule has 0 atom stereocenters. The number of aryl methyl sites for hydroxylation is 1. The maximum atomic E-state index is 5.79. The molecule has 79 valence electrons. The summed E-state index contributed by atoms with van der Waals surface area (Å²) in [6.07, 6.45) is 4.58. The van der Waals surface area contributed by atoms with Crippen molar-refractivity contribution in [2.45, 2.75) is 12.8 Å². The minimum Gasteiger partial charge on any atom is -0.457 e. The zero-order chi connectivity index (χ0) is 10.8. The van der Waals surface area contributed by atoms with Crippen molar-refractivity contribution in [2.75, 3.05) is 0 Å². The largest absolute Gasteiger partial charge is 0.457 e. The summed E-state index contributed by atoms with van der Waals surface area (Å²) < 4.78 is 5.79. The molecular weight excluding hydrogens is 196 g/mol. The van der Waals surface area contributed by atoms with Gasteiger partial charge in [0.05, 0.1) is 0 Å². The van der Waals surface area contributed by atoms with E-state index >= 15 is 0 Å². The van der Waals surface area contributed by atoms with Gasteiger partial charge in [-0.15, -0.1) is 0 Å². The van der Waals surface area contributed by atoms with Crippen molar-refractivity contribution >= 4 is 0 Å². The fourth-order valence-corrected chi connectivity index (χ4v) is 2.07. The summed E-state index contributed by atoms with van der Waals surface area (Å²) in [4.78, 5) is 0. The topological polar surface area (TPSA) is 9.23 Å². The minimum absolute atomic E-state index is 0.893. The fourth-order valence-electron chi connectivity index (χ4n) is 2.07. The Morgan fingerprint density at radius 2 is 1.75 bits per heavy atom. The van der Waals surface area contributed by atoms with E-state index in [2.05, 4.69) is 18.6 Å². The lowest BCUT2D eigenvalue weighted by atomic mass is 10.1. The quantitative estimate of drug-likeness (QED) is 0.727. The first kappa shape index (κ1) is 9.46. The number of hydrogen-bond donors (Lipinski definition) is 0. The zero-order valence-electron chi connectivity index (χ0n) is 9.02. The van der Waals surface area contributed by atoms with Gasteiger partial charge in [0.1, 0.15) is 11.5 Å². The molecule has 0 N–H and O–H groups in total. The molecule has 0 amide bonds. The van der Waals surface area contributed by atoms with Gasteiger partial charge < -0.3 is 4.74 Å². The van der Waals surface area contributed by atoms with Gasteiger partial charge in [0.25, 0.3) is 0 Å². The Morgan fingerprint density at radius 1 is 0.875 bits per heavy atom. The molecule has 0 fully saturated rings. The van der Waals surface area contributed by atoms with Crippen molar-refractivity contribution < 1.29 is 4.74 Å². The number of benzene rings is 2. The Balaban J connectivity index is 1.86. The van der Waals surface area contributed by atoms with Crippen molar-refractivity contribution in [1.82, 2.24) is 0 Å². The SMILES string of the molecule is [CH]1CCc2cc(Oc3ccccc3)ccc21. The molecule has 1 heteroatoms. The van der Waals surface area contributed by atoms with Crippen molar-refractivity contribution in [2.24, 2.45) is 0 Å². The van der Waals surface area contributed by atoms with Crippen LogP contribution in [0.15, 0.2) is 48.5 Å². The first-order chi connectivity index (χ1) is 7.92. The molecule has 2 aromatic carbocycles. The highest BCUT2D eigenvalue weighted by Gasteiger charge is 2.11. The molecule has 1 radical (unpaired) electrons. The third-order valence-electron chi connectivity index (χ3n) is 2.87. The van der Waals surface area contributed by atoms with Gasteiger partial charge in [0.2, 0.25) is 0 Å². The van der Waals surface area contributed by atoms with Gasteiger partial charge in [0, 0.05) is 0 Å². The highest BCUT2D eigenvalue weighted by Crippen LogP contribution is 2.29. The minimum atomic E-state index is 0.893. The Bertz CT molecular complexity index is 488. The van der Waals surface area contributed by atoms with Crippen LogP contribution in [-0.4, -0.2) is 0 Å². The lowest BCUT2D eigenvalue weighted by Gasteiger charge is -2.07. The Hall–Kier alpha value is -1.76. The van der Waals surface area contributed by atoms with Gasteiger partial charge in [0.15, 0.2) is 0 Å². The number of rotatable bonds is 2. The van der Waals surface area contributed by atoms with E-state index in [-0.39, 0.29) is 0 Å². The third kappa shape index (κ3) is 1.81. The van der Waals surface area contributed by atoms with Crippen molar-refractivity contribution in [1.29, 1.82) is 0 Å². The molecule has 0 saturated carbocycles. The molecule has 0 saturated heterocycles. The van der Waals surface area contributed by atoms with Crippen molar-refractivity contribution in [3.05, 3.63) is 66.1 Å². The van der Waals surface area contributed by atoms with Crippen LogP contribution in [0.2, 0.25) is 0 Å². The Kier molecular flexibility index (Phi) is 2.37. The molecule has 1 aliphatic rings. The van der Waals surface area contributed by atoms with Crippen molar-refractivity contribution in [3.8, 4) is 11.5 Å². The second kappa shape index (κ2) is 4.01. The second-order valence-electron chi connectivity index (χ2n) is 4.02. The molecule has 0 unspecified atom stereocenters. The molecule has 3 rings (SSSR count). The maximum Gasteiger partial charge on any atom is 0.127 e. The summed E-state index contributed by atoms with van der Waals surface area (Å²) in [6, 6.07) is 16.2. The molecule has 0 heterocycles. The van der Waals surface area contributed by atoms with Gasteiger partial charge >= 0.3 is 0 Å². The molecule has 1 aliphatic carbocycles. The van der Waals surface area contributed by atoms with E-state index in [9.17, 15) is 0 Å². The first-order valence-corrected chi connectivity index (χ1v) is 5.61. The summed E-state index contributed by atoms with van der Waals surface area (Å²) >= 11 is 0. The summed E-state index contributed by atoms with van der Waals surface area (Å²) in [5.41, 5.74) is 2.76. The highest BCUT2D eigenvalue weighted by molar-refractivity contribution is 5.44. The van der Waals surface area contributed by atoms with Crippen LogP contribution in [-0.2, 0) is 6.42 Å². The second-order valence-corrected chi connectivity index (χ2v) is 4.02. The molecule has 1 nitrogen and oxygen atoms in total. The number of fused-ring (bicyclic) bond motifs is 1. The van der Waals surface area contributed by atoms with Gasteiger partial charge in [-0.05, 0) is 54.7 Å². The van der Waals surface area contributed by atoms with Crippen LogP contribution in [0.4, 0.5) is 0 Å². The van der Waals surface area contributed by atoms with E-state index in [4.69, 9.17) is 4.74 Å². The van der Waals surface area contributed by atoms with E-state index < -0.39 is 0 Å². The number of hydrogen-bond acceptors (Lipinski definition) is 1. The predicted molar refractivity (Wildman–Crippen MR) is 64.7 cm³/mol. The maximum absolute atomic E-state index is 5.79. The van der Waals surface area contributed by atoms with Crippen LogP contribution in [0.3, 0.4) is 0 Å². The molecular formula is C15H13O. The van der Waals surface area contributed by atoms with Gasteiger partial charge in [-0.25, -0.2) is 0 Å². The Morgan fingerprint density at radius 3 is 2.62 bits per heavy atom. The van der Waals surface area contributed by atoms with E-state index in [0.717, 1.165) is 24.3 Å². The molecule has 0 aliphatic heterocycles. The predicted octanol–water partition coefficient (Wildman–Crippen LogP) is 3.98. The highest BCUT2D eigenvalue weighted by atomic mass is 16.5. The lowest BCUT2D eigenvalue weighted by Crippen LogP contribution is -1.86. The monoisotopic (exact) mass is 209 g/mol. The molecule has 0 spiro atoms. The van der Waals surface area contributed by atoms with E-state index in [1.807, 2.05) is 36.4 Å². The zero-order valence-corrected chi connectivity index (χ0v) is 9.02. The Labute approximate surface area is 95.7 Å². The third-order valence-corrected chi connectivity index (χ3v) is 2.87. The fraction of sp³-hybridized carbons (Fsp3) is 0.133. The van der Waals surface area contributed by atoms with Crippen LogP contribution < -0.4 is 4.74 Å². The smallest absolute Gasteiger partial charge is 0.127 e. The van der Waals surface area contributed by atoms with Gasteiger partial charge in [-0.3, -0.25) is 0 Å². The average molecular weight is 209 g/mol. The number of para-hydroxylation sites is 1.